The second kappa shape index (κ2) is 28.4. The molecule has 0 saturated heterocycles. The lowest BCUT2D eigenvalue weighted by Crippen LogP contribution is -2.33. The predicted octanol–water partition coefficient (Wildman–Crippen LogP) is 7.56. The molecule has 0 spiro atoms. The molecule has 8 heteroatoms. The SMILES string of the molecule is CCCCCCCCC(=O)ON(CCCC)C(=O)O.CCCCCCCCC(=O)ONCCCC. The number of carbonyl (C=O) groups is 3. The molecule has 0 aliphatic rings. The fourth-order valence-electron chi connectivity index (χ4n) is 3.18. The number of carbonyl (C=O) groups excluding carboxylic acids is 2. The van der Waals surface area contributed by atoms with Gasteiger partial charge in [-0.15, -0.1) is 5.06 Å². The standard InChI is InChI=1S/C14H27NO4.C13H27NO2/c1-3-5-7-8-9-10-11-13(16)19-15(14(17)18)12-6-4-2;1-3-5-7-8-9-10-11-13(15)16-14-12-6-4-2/h3-12H2,1-2H3,(H,17,18);14H,3-12H2,1-2H3. The van der Waals surface area contributed by atoms with Crippen LogP contribution in [0.2, 0.25) is 0 Å². The molecule has 0 unspecified atom stereocenters. The van der Waals surface area contributed by atoms with Gasteiger partial charge >= 0.3 is 18.0 Å². The molecular weight excluding hydrogens is 448 g/mol. The molecule has 0 aromatic rings. The maximum Gasteiger partial charge on any atom is 0.440 e. The van der Waals surface area contributed by atoms with Crippen LogP contribution in [0.15, 0.2) is 0 Å². The molecule has 0 aliphatic heterocycles. The maximum atomic E-state index is 11.5. The van der Waals surface area contributed by atoms with E-state index in [-0.39, 0.29) is 12.5 Å². The summed E-state index contributed by atoms with van der Waals surface area (Å²) < 4.78 is 0. The maximum absolute atomic E-state index is 11.5. The van der Waals surface area contributed by atoms with E-state index in [1.807, 2.05) is 6.92 Å². The molecule has 208 valence electrons. The molecule has 0 fully saturated rings. The van der Waals surface area contributed by atoms with Gasteiger partial charge in [0.1, 0.15) is 0 Å². The second-order valence-electron chi connectivity index (χ2n) is 8.96. The summed E-state index contributed by atoms with van der Waals surface area (Å²) in [6, 6.07) is 0. The molecule has 0 radical (unpaired) electrons. The van der Waals surface area contributed by atoms with Crippen molar-refractivity contribution in [3.05, 3.63) is 0 Å². The first kappa shape index (κ1) is 35.3. The highest BCUT2D eigenvalue weighted by molar-refractivity contribution is 5.72. The number of unbranched alkanes of at least 4 members (excludes halogenated alkanes) is 12. The highest BCUT2D eigenvalue weighted by Gasteiger charge is 2.16. The fourth-order valence-corrected chi connectivity index (χ4v) is 3.18. The predicted molar refractivity (Wildman–Crippen MR) is 141 cm³/mol. The van der Waals surface area contributed by atoms with Crippen molar-refractivity contribution in [3.63, 3.8) is 0 Å². The zero-order valence-corrected chi connectivity index (χ0v) is 23.1. The van der Waals surface area contributed by atoms with Crippen LogP contribution in [0.3, 0.4) is 0 Å². The summed E-state index contributed by atoms with van der Waals surface area (Å²) in [5.41, 5.74) is 2.70. The molecular formula is C27H54N2O6. The lowest BCUT2D eigenvalue weighted by Gasteiger charge is -2.17. The van der Waals surface area contributed by atoms with Crippen molar-refractivity contribution in [1.82, 2.24) is 10.5 Å². The smallest absolute Gasteiger partial charge is 0.440 e. The molecule has 0 aliphatic carbocycles. The molecule has 0 atom stereocenters. The topological polar surface area (TPSA) is 105 Å². The van der Waals surface area contributed by atoms with Gasteiger partial charge in [-0.05, 0) is 25.7 Å². The van der Waals surface area contributed by atoms with Crippen molar-refractivity contribution in [2.75, 3.05) is 13.1 Å². The van der Waals surface area contributed by atoms with E-state index >= 15 is 0 Å². The monoisotopic (exact) mass is 502 g/mol. The van der Waals surface area contributed by atoms with Crippen LogP contribution in [0, 0.1) is 0 Å². The van der Waals surface area contributed by atoms with Gasteiger partial charge in [-0.25, -0.2) is 9.59 Å². The van der Waals surface area contributed by atoms with Gasteiger partial charge in [0.2, 0.25) is 0 Å². The number of hydrogen-bond donors (Lipinski definition) is 2. The minimum Gasteiger partial charge on any atom is -0.463 e. The molecule has 0 aromatic heterocycles. The largest absolute Gasteiger partial charge is 0.463 e. The number of carboxylic acid groups (broad SMARTS) is 1. The number of hydroxylamine groups is 3. The Morgan fingerprint density at radius 2 is 1.09 bits per heavy atom. The summed E-state index contributed by atoms with van der Waals surface area (Å²) in [5, 5.41) is 9.61. The van der Waals surface area contributed by atoms with Gasteiger partial charge in [-0.3, -0.25) is 4.79 Å². The summed E-state index contributed by atoms with van der Waals surface area (Å²) in [6.45, 7) is 9.44. The van der Waals surface area contributed by atoms with Gasteiger partial charge in [0, 0.05) is 19.4 Å². The first-order valence-corrected chi connectivity index (χ1v) is 14.1. The Morgan fingerprint density at radius 1 is 0.629 bits per heavy atom. The molecule has 0 saturated carbocycles. The summed E-state index contributed by atoms with van der Waals surface area (Å²) in [4.78, 5) is 43.3. The third kappa shape index (κ3) is 28.3. The Hall–Kier alpha value is -1.83. The summed E-state index contributed by atoms with van der Waals surface area (Å²) >= 11 is 0. The quantitative estimate of drug-likeness (QED) is 0.123. The van der Waals surface area contributed by atoms with E-state index in [1.165, 1.54) is 44.9 Å². The summed E-state index contributed by atoms with van der Waals surface area (Å²) in [7, 11) is 0. The molecule has 0 bridgehead atoms. The van der Waals surface area contributed by atoms with Gasteiger partial charge in [0.05, 0.1) is 6.54 Å². The third-order valence-corrected chi connectivity index (χ3v) is 5.43. The minimum atomic E-state index is -1.20. The number of rotatable bonds is 21. The minimum absolute atomic E-state index is 0.119. The van der Waals surface area contributed by atoms with Crippen molar-refractivity contribution in [3.8, 4) is 0 Å². The Labute approximate surface area is 214 Å². The van der Waals surface area contributed by atoms with Crippen molar-refractivity contribution in [2.24, 2.45) is 0 Å². The second-order valence-corrected chi connectivity index (χ2v) is 8.96. The average Bonchev–Trinajstić information content (AvgIpc) is 2.84. The fraction of sp³-hybridized carbons (Fsp3) is 0.889. The Kier molecular flexibility index (Phi) is 28.7. The van der Waals surface area contributed by atoms with Crippen LogP contribution in [0.25, 0.3) is 0 Å². The van der Waals surface area contributed by atoms with Gasteiger partial charge < -0.3 is 14.8 Å². The van der Waals surface area contributed by atoms with E-state index in [9.17, 15) is 14.4 Å². The Morgan fingerprint density at radius 3 is 1.57 bits per heavy atom. The van der Waals surface area contributed by atoms with Gasteiger partial charge in [0.25, 0.3) is 0 Å². The van der Waals surface area contributed by atoms with E-state index in [1.54, 1.807) is 0 Å². The molecule has 35 heavy (non-hydrogen) atoms. The van der Waals surface area contributed by atoms with E-state index in [0.717, 1.165) is 63.0 Å². The Balaban J connectivity index is 0. The van der Waals surface area contributed by atoms with Crippen LogP contribution < -0.4 is 5.48 Å². The van der Waals surface area contributed by atoms with Crippen molar-refractivity contribution >= 4 is 18.0 Å². The lowest BCUT2D eigenvalue weighted by atomic mass is 10.1. The van der Waals surface area contributed by atoms with Gasteiger partial charge in [-0.2, -0.15) is 5.48 Å². The lowest BCUT2D eigenvalue weighted by molar-refractivity contribution is -0.180. The first-order valence-electron chi connectivity index (χ1n) is 14.1. The number of nitrogens with one attached hydrogen (secondary N) is 1. The molecule has 2 N–H and O–H groups in total. The van der Waals surface area contributed by atoms with Crippen LogP contribution in [-0.4, -0.2) is 41.3 Å². The summed E-state index contributed by atoms with van der Waals surface area (Å²) in [5.74, 6) is -0.569. The van der Waals surface area contributed by atoms with E-state index in [2.05, 4.69) is 26.3 Å². The molecule has 1 amide bonds. The van der Waals surface area contributed by atoms with Crippen LogP contribution in [0.5, 0.6) is 0 Å². The molecule has 0 aromatic carbocycles. The van der Waals surface area contributed by atoms with Crippen LogP contribution in [0.1, 0.15) is 143 Å². The van der Waals surface area contributed by atoms with E-state index in [0.29, 0.717) is 19.3 Å². The van der Waals surface area contributed by atoms with Crippen molar-refractivity contribution < 1.29 is 29.2 Å². The van der Waals surface area contributed by atoms with Crippen molar-refractivity contribution in [2.45, 2.75) is 143 Å². The van der Waals surface area contributed by atoms with Crippen LogP contribution in [-0.2, 0) is 19.3 Å². The third-order valence-electron chi connectivity index (χ3n) is 5.43. The van der Waals surface area contributed by atoms with E-state index < -0.39 is 12.1 Å². The first-order chi connectivity index (χ1) is 16.9. The zero-order chi connectivity index (χ0) is 26.6. The normalized spacial score (nSPS) is 10.3. The van der Waals surface area contributed by atoms with Gasteiger partial charge in [-0.1, -0.05) is 105 Å². The number of nitrogens with zero attached hydrogens (tertiary/aromatic N) is 1. The number of amides is 1. The highest BCUT2D eigenvalue weighted by atomic mass is 16.7. The number of hydrogen-bond acceptors (Lipinski definition) is 6. The average molecular weight is 503 g/mol. The summed E-state index contributed by atoms with van der Waals surface area (Å²) in [6.07, 6.45) is 17.1. The van der Waals surface area contributed by atoms with E-state index in [4.69, 9.17) is 14.8 Å². The molecule has 0 heterocycles. The van der Waals surface area contributed by atoms with Crippen LogP contribution >= 0.6 is 0 Å². The molecule has 0 rings (SSSR count). The zero-order valence-electron chi connectivity index (χ0n) is 23.1. The van der Waals surface area contributed by atoms with Crippen molar-refractivity contribution in [1.29, 1.82) is 0 Å². The molecule has 8 nitrogen and oxygen atoms in total. The highest BCUT2D eigenvalue weighted by Crippen LogP contribution is 2.09. The van der Waals surface area contributed by atoms with Gasteiger partial charge in [0.15, 0.2) is 0 Å². The Bertz CT molecular complexity index is 502. The van der Waals surface area contributed by atoms with Crippen LogP contribution in [0.4, 0.5) is 4.79 Å².